The Morgan fingerprint density at radius 3 is 2.28 bits per heavy atom. The molecule has 0 saturated carbocycles. The van der Waals surface area contributed by atoms with Crippen LogP contribution in [0.25, 0.3) is 0 Å². The minimum atomic E-state index is -3.80. The SMILES string of the molecule is COc1ccc(S(=O)(=O)Nc2ccc(N(C)C)c(CN(CC(C)C)C(=O)c3cccc(C)c3)c2)cc1. The number of amides is 1. The lowest BCUT2D eigenvalue weighted by Crippen LogP contribution is -2.34. The fourth-order valence-electron chi connectivity index (χ4n) is 4.01. The lowest BCUT2D eigenvalue weighted by atomic mass is 10.1. The second-order valence-corrected chi connectivity index (χ2v) is 11.2. The van der Waals surface area contributed by atoms with E-state index in [1.165, 1.54) is 19.2 Å². The highest BCUT2D eigenvalue weighted by Crippen LogP contribution is 2.27. The van der Waals surface area contributed by atoms with Crippen LogP contribution in [0.5, 0.6) is 5.75 Å². The van der Waals surface area contributed by atoms with Crippen LogP contribution < -0.4 is 14.4 Å². The van der Waals surface area contributed by atoms with Crippen molar-refractivity contribution in [2.24, 2.45) is 5.92 Å². The number of anilines is 2. The Labute approximate surface area is 214 Å². The van der Waals surface area contributed by atoms with Gasteiger partial charge in [-0.15, -0.1) is 0 Å². The zero-order valence-electron chi connectivity index (χ0n) is 21.8. The van der Waals surface area contributed by atoms with Gasteiger partial charge in [0.1, 0.15) is 5.75 Å². The first-order valence-corrected chi connectivity index (χ1v) is 13.3. The Kier molecular flexibility index (Phi) is 8.63. The van der Waals surface area contributed by atoms with Gasteiger partial charge in [0.2, 0.25) is 0 Å². The van der Waals surface area contributed by atoms with Gasteiger partial charge in [0.25, 0.3) is 15.9 Å². The molecule has 0 aromatic heterocycles. The predicted molar refractivity (Wildman–Crippen MR) is 145 cm³/mol. The molecule has 3 aromatic carbocycles. The molecule has 192 valence electrons. The van der Waals surface area contributed by atoms with E-state index >= 15 is 0 Å². The van der Waals surface area contributed by atoms with Gasteiger partial charge in [-0.1, -0.05) is 31.5 Å². The summed E-state index contributed by atoms with van der Waals surface area (Å²) in [5, 5.41) is 0. The molecule has 0 aliphatic carbocycles. The van der Waals surface area contributed by atoms with E-state index in [4.69, 9.17) is 4.74 Å². The van der Waals surface area contributed by atoms with E-state index in [9.17, 15) is 13.2 Å². The van der Waals surface area contributed by atoms with Gasteiger partial charge >= 0.3 is 0 Å². The summed E-state index contributed by atoms with van der Waals surface area (Å²) < 4.78 is 33.8. The molecule has 1 amide bonds. The van der Waals surface area contributed by atoms with Crippen LogP contribution in [0.2, 0.25) is 0 Å². The number of carbonyl (C=O) groups is 1. The van der Waals surface area contributed by atoms with Gasteiger partial charge < -0.3 is 14.5 Å². The number of sulfonamides is 1. The number of ether oxygens (including phenoxy) is 1. The van der Waals surface area contributed by atoms with Crippen molar-refractivity contribution < 1.29 is 17.9 Å². The maximum absolute atomic E-state index is 13.5. The average molecular weight is 510 g/mol. The van der Waals surface area contributed by atoms with Crippen molar-refractivity contribution in [2.75, 3.05) is 37.4 Å². The quantitative estimate of drug-likeness (QED) is 0.408. The van der Waals surface area contributed by atoms with Crippen molar-refractivity contribution >= 4 is 27.3 Å². The number of hydrogen-bond donors (Lipinski definition) is 1. The van der Waals surface area contributed by atoms with Crippen LogP contribution >= 0.6 is 0 Å². The first kappa shape index (κ1) is 27.1. The van der Waals surface area contributed by atoms with E-state index in [1.54, 1.807) is 24.3 Å². The summed E-state index contributed by atoms with van der Waals surface area (Å²) in [6.07, 6.45) is 0. The Bertz CT molecular complexity index is 1300. The van der Waals surface area contributed by atoms with Gasteiger partial charge in [0, 0.05) is 44.1 Å². The number of carbonyl (C=O) groups excluding carboxylic acids is 1. The third-order valence-electron chi connectivity index (χ3n) is 5.68. The van der Waals surface area contributed by atoms with Crippen molar-refractivity contribution in [3.05, 3.63) is 83.4 Å². The molecule has 1 N–H and O–H groups in total. The molecule has 3 rings (SSSR count). The Hall–Kier alpha value is -3.52. The summed E-state index contributed by atoms with van der Waals surface area (Å²) in [4.78, 5) is 17.4. The Morgan fingerprint density at radius 1 is 1.00 bits per heavy atom. The summed E-state index contributed by atoms with van der Waals surface area (Å²) in [6, 6.07) is 19.2. The Morgan fingerprint density at radius 2 is 1.69 bits per heavy atom. The van der Waals surface area contributed by atoms with Crippen molar-refractivity contribution in [3.8, 4) is 5.75 Å². The first-order chi connectivity index (χ1) is 17.0. The molecular formula is C28H35N3O4S. The van der Waals surface area contributed by atoms with Crippen LogP contribution in [0.4, 0.5) is 11.4 Å². The van der Waals surface area contributed by atoms with E-state index in [-0.39, 0.29) is 16.7 Å². The van der Waals surface area contributed by atoms with E-state index in [2.05, 4.69) is 18.6 Å². The summed E-state index contributed by atoms with van der Waals surface area (Å²) in [5.74, 6) is 0.787. The molecule has 36 heavy (non-hydrogen) atoms. The number of hydrogen-bond acceptors (Lipinski definition) is 5. The highest BCUT2D eigenvalue weighted by atomic mass is 32.2. The monoisotopic (exact) mass is 509 g/mol. The minimum Gasteiger partial charge on any atom is -0.497 e. The number of methoxy groups -OCH3 is 1. The van der Waals surface area contributed by atoms with Gasteiger partial charge in [-0.3, -0.25) is 9.52 Å². The largest absolute Gasteiger partial charge is 0.497 e. The number of rotatable bonds is 10. The van der Waals surface area contributed by atoms with Crippen molar-refractivity contribution in [1.82, 2.24) is 4.90 Å². The fraction of sp³-hybridized carbons (Fsp3) is 0.321. The maximum atomic E-state index is 13.5. The number of nitrogens with one attached hydrogen (secondary N) is 1. The minimum absolute atomic E-state index is 0.0543. The van der Waals surface area contributed by atoms with E-state index in [0.717, 1.165) is 16.8 Å². The molecule has 0 fully saturated rings. The zero-order chi connectivity index (χ0) is 26.5. The second-order valence-electron chi connectivity index (χ2n) is 9.47. The standard InChI is InChI=1S/C28H35N3O4S/c1-20(2)18-31(28(32)22-9-7-8-21(3)16-22)19-23-17-24(10-15-27(23)30(4)5)29-36(33,34)26-13-11-25(35-6)12-14-26/h7-17,20,29H,18-19H2,1-6H3. The molecular weight excluding hydrogens is 474 g/mol. The van der Waals surface area contributed by atoms with Crippen molar-refractivity contribution in [1.29, 1.82) is 0 Å². The highest BCUT2D eigenvalue weighted by molar-refractivity contribution is 7.92. The molecule has 3 aromatic rings. The van der Waals surface area contributed by atoms with Crippen LogP contribution in [0.3, 0.4) is 0 Å². The fourth-order valence-corrected chi connectivity index (χ4v) is 5.06. The maximum Gasteiger partial charge on any atom is 0.261 e. The zero-order valence-corrected chi connectivity index (χ0v) is 22.6. The molecule has 0 spiro atoms. The van der Waals surface area contributed by atoms with Gasteiger partial charge in [-0.2, -0.15) is 0 Å². The summed E-state index contributed by atoms with van der Waals surface area (Å²) in [6.45, 7) is 7.02. The van der Waals surface area contributed by atoms with Crippen LogP contribution in [0.1, 0.15) is 35.3 Å². The second kappa shape index (κ2) is 11.5. The van der Waals surface area contributed by atoms with Crippen LogP contribution in [-0.2, 0) is 16.6 Å². The van der Waals surface area contributed by atoms with Gasteiger partial charge in [-0.25, -0.2) is 8.42 Å². The molecule has 0 heterocycles. The molecule has 0 bridgehead atoms. The lowest BCUT2D eigenvalue weighted by molar-refractivity contribution is 0.0723. The average Bonchev–Trinajstić information content (AvgIpc) is 2.82. The topological polar surface area (TPSA) is 79.0 Å². The van der Waals surface area contributed by atoms with Gasteiger partial charge in [0.15, 0.2) is 0 Å². The molecule has 0 aliphatic rings. The molecule has 8 heteroatoms. The predicted octanol–water partition coefficient (Wildman–Crippen LogP) is 5.17. The van der Waals surface area contributed by atoms with Crippen LogP contribution in [0.15, 0.2) is 71.6 Å². The number of benzene rings is 3. The molecule has 0 unspecified atom stereocenters. The molecule has 0 radical (unpaired) electrons. The van der Waals surface area contributed by atoms with E-state index in [1.807, 2.05) is 61.2 Å². The Balaban J connectivity index is 1.94. The van der Waals surface area contributed by atoms with Crippen molar-refractivity contribution in [2.45, 2.75) is 32.2 Å². The number of nitrogens with zero attached hydrogens (tertiary/aromatic N) is 2. The third kappa shape index (κ3) is 6.79. The first-order valence-electron chi connectivity index (χ1n) is 11.8. The van der Waals surface area contributed by atoms with E-state index < -0.39 is 10.0 Å². The van der Waals surface area contributed by atoms with Gasteiger partial charge in [-0.05, 0) is 73.0 Å². The summed E-state index contributed by atoms with van der Waals surface area (Å²) >= 11 is 0. The van der Waals surface area contributed by atoms with Crippen LogP contribution in [0, 0.1) is 12.8 Å². The molecule has 0 aliphatic heterocycles. The lowest BCUT2D eigenvalue weighted by Gasteiger charge is -2.28. The number of aryl methyl sites for hydroxylation is 1. The van der Waals surface area contributed by atoms with Crippen molar-refractivity contribution in [3.63, 3.8) is 0 Å². The summed E-state index contributed by atoms with van der Waals surface area (Å²) in [5.41, 5.74) is 3.84. The molecule has 0 saturated heterocycles. The van der Waals surface area contributed by atoms with E-state index in [0.29, 0.717) is 30.1 Å². The highest BCUT2D eigenvalue weighted by Gasteiger charge is 2.21. The normalized spacial score (nSPS) is 11.3. The van der Waals surface area contributed by atoms with Crippen LogP contribution in [-0.4, -0.2) is 47.0 Å². The third-order valence-corrected chi connectivity index (χ3v) is 7.08. The molecule has 7 nitrogen and oxygen atoms in total. The smallest absolute Gasteiger partial charge is 0.261 e. The molecule has 0 atom stereocenters. The summed E-state index contributed by atoms with van der Waals surface area (Å²) in [7, 11) is 1.58. The van der Waals surface area contributed by atoms with Gasteiger partial charge in [0.05, 0.1) is 12.0 Å².